The summed E-state index contributed by atoms with van der Waals surface area (Å²) in [6, 6.07) is -17.9. The van der Waals surface area contributed by atoms with Crippen molar-refractivity contribution in [3.63, 3.8) is 0 Å². The molecule has 0 unspecified atom stereocenters. The number of para-hydroxylation sites is 4. The fraction of sp³-hybridized carbons (Fsp3) is 0. The molecule has 0 spiro atoms. The van der Waals surface area contributed by atoms with Crippen LogP contribution in [0, 0.1) is 0 Å². The van der Waals surface area contributed by atoms with E-state index in [2.05, 4.69) is 0 Å². The van der Waals surface area contributed by atoms with E-state index in [9.17, 15) is 8.22 Å². The van der Waals surface area contributed by atoms with Crippen molar-refractivity contribution < 1.29 is 39.0 Å². The Morgan fingerprint density at radius 3 is 1.05 bits per heavy atom. The summed E-state index contributed by atoms with van der Waals surface area (Å²) in [7, 11) is 0. The van der Waals surface area contributed by atoms with Crippen molar-refractivity contribution in [1.29, 1.82) is 0 Å². The van der Waals surface area contributed by atoms with Crippen LogP contribution in [0.4, 0.5) is 0 Å². The highest BCUT2D eigenvalue weighted by molar-refractivity contribution is 6.26. The van der Waals surface area contributed by atoms with Gasteiger partial charge in [-0.15, -0.1) is 0 Å². The third-order valence-corrected chi connectivity index (χ3v) is 6.75. The molecule has 0 aliphatic carbocycles. The second kappa shape index (κ2) is 8.08. The van der Waals surface area contributed by atoms with Gasteiger partial charge in [0, 0.05) is 43.8 Å². The van der Waals surface area contributed by atoms with Crippen LogP contribution in [0.1, 0.15) is 30.2 Å². The van der Waals surface area contributed by atoms with E-state index in [4.69, 9.17) is 30.8 Å². The third-order valence-electron chi connectivity index (χ3n) is 6.75. The van der Waals surface area contributed by atoms with E-state index >= 15 is 0 Å². The van der Waals surface area contributed by atoms with Gasteiger partial charge >= 0.3 is 0 Å². The Labute approximate surface area is 260 Å². The Balaban J connectivity index is 1.67. The first kappa shape index (κ1) is 9.39. The van der Waals surface area contributed by atoms with E-state index in [1.807, 2.05) is 0 Å². The summed E-state index contributed by atoms with van der Waals surface area (Å²) in [6.07, 6.45) is 0. The summed E-state index contributed by atoms with van der Waals surface area (Å²) >= 11 is 0. The molecule has 0 bridgehead atoms. The number of furan rings is 2. The summed E-state index contributed by atoms with van der Waals surface area (Å²) in [5.74, 6) is 0. The van der Waals surface area contributed by atoms with Gasteiger partial charge in [-0.25, -0.2) is 0 Å². The van der Waals surface area contributed by atoms with Crippen molar-refractivity contribution in [2.24, 2.45) is 0 Å². The molecular weight excluding hydrogens is 488 g/mol. The van der Waals surface area contributed by atoms with E-state index in [0.717, 1.165) is 0 Å². The van der Waals surface area contributed by atoms with Crippen LogP contribution in [0.2, 0.25) is 0 Å². The summed E-state index contributed by atoms with van der Waals surface area (Å²) in [4.78, 5) is 0. The highest BCUT2D eigenvalue weighted by atomic mass is 16.3. The predicted molar refractivity (Wildman–Crippen MR) is 167 cm³/mol. The van der Waals surface area contributed by atoms with Gasteiger partial charge in [0.25, 0.3) is 0 Å². The fourth-order valence-corrected chi connectivity index (χ4v) is 5.13. The van der Waals surface area contributed by atoms with Gasteiger partial charge in [0.2, 0.25) is 0 Å². The number of hydrogen-bond donors (Lipinski definition) is 0. The minimum atomic E-state index is -0.906. The average Bonchev–Trinajstić information content (AvgIpc) is 3.85. The lowest BCUT2D eigenvalue weighted by Gasteiger charge is -2.18. The molecule has 2 nitrogen and oxygen atoms in total. The van der Waals surface area contributed by atoms with Crippen molar-refractivity contribution in [1.82, 2.24) is 0 Å². The van der Waals surface area contributed by atoms with Crippen LogP contribution in [0.3, 0.4) is 0 Å². The van der Waals surface area contributed by atoms with Crippen LogP contribution >= 0.6 is 0 Å². The smallest absolute Gasteiger partial charge is 0.143 e. The Morgan fingerprint density at radius 1 is 0.325 bits per heavy atom. The Hall–Kier alpha value is -5.34. The van der Waals surface area contributed by atoms with Crippen LogP contribution in [0.15, 0.2) is 142 Å². The molecule has 0 fully saturated rings. The number of rotatable bonds is 2. The zero-order valence-electron chi connectivity index (χ0n) is 41.8. The lowest BCUT2D eigenvalue weighted by Crippen LogP contribution is -1.91. The lowest BCUT2D eigenvalue weighted by atomic mass is 9.85. The molecule has 0 aliphatic heterocycles. The minimum absolute atomic E-state index is 0.376. The van der Waals surface area contributed by atoms with E-state index in [-0.39, 0.29) is 10.8 Å². The van der Waals surface area contributed by atoms with Crippen LogP contribution in [0.25, 0.3) is 87.7 Å². The molecule has 2 aromatic heterocycles. The van der Waals surface area contributed by atoms with Crippen molar-refractivity contribution in [3.8, 4) is 22.3 Å². The van der Waals surface area contributed by atoms with Crippen molar-refractivity contribution in [3.05, 3.63) is 133 Å². The first-order chi connectivity index (χ1) is 29.0. The normalized spacial score (nSPS) is 19.7. The standard InChI is InChI=1S/C38H22O2/c1-2-14-26-25(13-1)35(31-19-9-17-29-23-11-5-7-21-33(23)39-37(29)31)27-15-3-4-16-28(27)36(26)32-20-10-18-30-24-12-6-8-22-34(24)40-38(30)32/h1-22H/i1D,2D,3D,4D,5D,6D,7D,8D,9D,10D,11D,12D,13D,14D,15D,16D,17D,18D,19D,20D,21D,22D. The largest absolute Gasteiger partial charge is 0.455 e. The first-order valence-electron chi connectivity index (χ1n) is 22.8. The highest BCUT2D eigenvalue weighted by Gasteiger charge is 2.22. The molecule has 0 saturated heterocycles. The van der Waals surface area contributed by atoms with Gasteiger partial charge in [-0.3, -0.25) is 0 Å². The second-order valence-electron chi connectivity index (χ2n) is 8.77. The molecule has 0 aliphatic rings. The average molecular weight is 533 g/mol. The van der Waals surface area contributed by atoms with E-state index in [1.54, 1.807) is 0 Å². The van der Waals surface area contributed by atoms with Crippen molar-refractivity contribution in [2.45, 2.75) is 0 Å². The molecule has 0 N–H and O–H groups in total. The van der Waals surface area contributed by atoms with Gasteiger partial charge in [-0.2, -0.15) is 0 Å². The summed E-state index contributed by atoms with van der Waals surface area (Å²) in [5.41, 5.74) is -4.52. The summed E-state index contributed by atoms with van der Waals surface area (Å²) < 4.78 is 207. The zero-order chi connectivity index (χ0) is 45.4. The molecule has 7 aromatic carbocycles. The maximum atomic E-state index is 9.36. The maximum absolute atomic E-state index is 9.36. The van der Waals surface area contributed by atoms with Crippen LogP contribution in [-0.4, -0.2) is 0 Å². The second-order valence-corrected chi connectivity index (χ2v) is 8.77. The molecule has 9 aromatic rings. The van der Waals surface area contributed by atoms with Crippen LogP contribution in [-0.2, 0) is 0 Å². The van der Waals surface area contributed by atoms with Crippen molar-refractivity contribution in [2.75, 3.05) is 0 Å². The van der Waals surface area contributed by atoms with Gasteiger partial charge in [0.1, 0.15) is 22.3 Å². The Bertz CT molecular complexity index is 3340. The Kier molecular flexibility index (Phi) is 1.90. The van der Waals surface area contributed by atoms with Crippen LogP contribution in [0.5, 0.6) is 0 Å². The molecule has 2 heterocycles. The van der Waals surface area contributed by atoms with E-state index < -0.39 is 210 Å². The maximum Gasteiger partial charge on any atom is 0.143 e. The molecule has 186 valence electrons. The van der Waals surface area contributed by atoms with Gasteiger partial charge in [0.05, 0.1) is 30.2 Å². The van der Waals surface area contributed by atoms with Gasteiger partial charge < -0.3 is 8.83 Å². The van der Waals surface area contributed by atoms with Gasteiger partial charge in [0.15, 0.2) is 0 Å². The number of benzene rings is 7. The van der Waals surface area contributed by atoms with E-state index in [0.29, 0.717) is 0 Å². The molecule has 0 atom stereocenters. The molecule has 40 heavy (non-hydrogen) atoms. The molecule has 9 rings (SSSR count). The zero-order valence-corrected chi connectivity index (χ0v) is 19.8. The molecule has 0 radical (unpaired) electrons. The Morgan fingerprint density at radius 2 is 0.650 bits per heavy atom. The molecular formula is C38H22O2. The first-order valence-corrected chi connectivity index (χ1v) is 11.8. The highest BCUT2D eigenvalue weighted by Crippen LogP contribution is 2.48. The SMILES string of the molecule is [2H]c1c([2H])c([2H])c2c(oc3c(-c4c5c([2H])c([2H])c([2H])c([2H])c5c(-c5c([2H])c([2H])c([2H])c6c5oc5c([2H])c([2H])c([2H])c([2H])c56)c5c([2H])c([2H])c([2H])c([2H])c45)c([2H])c([2H])c([2H])c32)c1[2H]. The summed E-state index contributed by atoms with van der Waals surface area (Å²) in [5, 5.41) is -4.02. The topological polar surface area (TPSA) is 26.3 Å². The number of hydrogen-bond acceptors (Lipinski definition) is 2. The van der Waals surface area contributed by atoms with Gasteiger partial charge in [-0.1, -0.05) is 121 Å². The summed E-state index contributed by atoms with van der Waals surface area (Å²) in [6.45, 7) is 0. The predicted octanol–water partition coefficient (Wildman–Crippen LogP) is 11.1. The fourth-order valence-electron chi connectivity index (χ4n) is 5.13. The van der Waals surface area contributed by atoms with Gasteiger partial charge in [-0.05, 0) is 33.6 Å². The third kappa shape index (κ3) is 2.88. The number of fused-ring (bicyclic) bond motifs is 8. The lowest BCUT2D eigenvalue weighted by molar-refractivity contribution is 0.669. The minimum Gasteiger partial charge on any atom is -0.455 e. The monoisotopic (exact) mass is 532 g/mol. The quantitative estimate of drug-likeness (QED) is 0.207. The van der Waals surface area contributed by atoms with Crippen molar-refractivity contribution >= 4 is 65.4 Å². The van der Waals surface area contributed by atoms with E-state index in [1.165, 1.54) is 0 Å². The van der Waals surface area contributed by atoms with Crippen LogP contribution < -0.4 is 0 Å². The molecule has 0 amide bonds. The molecule has 0 saturated carbocycles. The molecule has 2 heteroatoms.